The van der Waals surface area contributed by atoms with Crippen LogP contribution >= 0.6 is 24.0 Å². The molecule has 1 amide bonds. The van der Waals surface area contributed by atoms with E-state index in [-0.39, 0.29) is 18.3 Å². The Bertz CT molecular complexity index is 345. The zero-order valence-electron chi connectivity index (χ0n) is 9.15. The summed E-state index contributed by atoms with van der Waals surface area (Å²) in [5, 5.41) is 0.631. The Labute approximate surface area is 107 Å². The Morgan fingerprint density at radius 1 is 1.50 bits per heavy atom. The summed E-state index contributed by atoms with van der Waals surface area (Å²) >= 11 is 5.86. The lowest BCUT2D eigenvalue weighted by Crippen LogP contribution is -2.31. The Hall–Kier alpha value is -0.770. The third-order valence-corrected chi connectivity index (χ3v) is 2.33. The molecule has 5 heteroatoms. The van der Waals surface area contributed by atoms with Gasteiger partial charge in [0.05, 0.1) is 0 Å². The van der Waals surface area contributed by atoms with E-state index in [1.165, 1.54) is 0 Å². The summed E-state index contributed by atoms with van der Waals surface area (Å²) in [6.07, 6.45) is 0.361. The van der Waals surface area contributed by atoms with Crippen LogP contribution in [0.5, 0.6) is 0 Å². The smallest absolute Gasteiger partial charge is 0.228 e. The SMILES string of the molecule is CCN(C(=O)CCN)c1cccc(Cl)c1.Cl. The molecule has 90 valence electrons. The van der Waals surface area contributed by atoms with E-state index in [0.29, 0.717) is 24.5 Å². The summed E-state index contributed by atoms with van der Waals surface area (Å²) in [7, 11) is 0. The van der Waals surface area contributed by atoms with Crippen LogP contribution < -0.4 is 10.6 Å². The van der Waals surface area contributed by atoms with E-state index in [9.17, 15) is 4.79 Å². The van der Waals surface area contributed by atoms with Crippen molar-refractivity contribution in [3.63, 3.8) is 0 Å². The maximum atomic E-state index is 11.7. The van der Waals surface area contributed by atoms with E-state index >= 15 is 0 Å². The summed E-state index contributed by atoms with van der Waals surface area (Å²) in [6, 6.07) is 7.26. The standard InChI is InChI=1S/C11H15ClN2O.ClH/c1-2-14(11(15)6-7-13)10-5-3-4-9(12)8-10;/h3-5,8H,2,6-7,13H2,1H3;1H. The molecule has 2 N–H and O–H groups in total. The van der Waals surface area contributed by atoms with Crippen molar-refractivity contribution in [2.45, 2.75) is 13.3 Å². The Morgan fingerprint density at radius 2 is 2.19 bits per heavy atom. The molecule has 1 aromatic rings. The molecule has 0 heterocycles. The molecule has 0 aliphatic rings. The molecule has 0 radical (unpaired) electrons. The van der Waals surface area contributed by atoms with Crippen molar-refractivity contribution in [3.8, 4) is 0 Å². The quantitative estimate of drug-likeness (QED) is 0.907. The normalized spacial score (nSPS) is 9.44. The zero-order chi connectivity index (χ0) is 11.3. The predicted molar refractivity (Wildman–Crippen MR) is 70.4 cm³/mol. The highest BCUT2D eigenvalue weighted by atomic mass is 35.5. The van der Waals surface area contributed by atoms with Crippen LogP contribution in [0, 0.1) is 0 Å². The summed E-state index contributed by atoms with van der Waals surface area (Å²) in [5.41, 5.74) is 6.18. The maximum Gasteiger partial charge on any atom is 0.228 e. The molecule has 0 spiro atoms. The topological polar surface area (TPSA) is 46.3 Å². The number of nitrogens with zero attached hydrogens (tertiary/aromatic N) is 1. The first kappa shape index (κ1) is 15.2. The lowest BCUT2D eigenvalue weighted by molar-refractivity contribution is -0.118. The van der Waals surface area contributed by atoms with Crippen LogP contribution in [-0.4, -0.2) is 19.0 Å². The summed E-state index contributed by atoms with van der Waals surface area (Å²) in [5.74, 6) is 0.0299. The van der Waals surface area contributed by atoms with Gasteiger partial charge in [-0.3, -0.25) is 4.79 Å². The van der Waals surface area contributed by atoms with E-state index in [1.54, 1.807) is 17.0 Å². The number of anilines is 1. The number of halogens is 2. The number of hydrogen-bond acceptors (Lipinski definition) is 2. The van der Waals surface area contributed by atoms with Gasteiger partial charge in [0.2, 0.25) is 5.91 Å². The van der Waals surface area contributed by atoms with Crippen molar-refractivity contribution < 1.29 is 4.79 Å². The summed E-state index contributed by atoms with van der Waals surface area (Å²) in [6.45, 7) is 2.92. The monoisotopic (exact) mass is 262 g/mol. The van der Waals surface area contributed by atoms with Crippen LogP contribution in [-0.2, 0) is 4.79 Å². The molecule has 0 aliphatic heterocycles. The molecule has 3 nitrogen and oxygen atoms in total. The van der Waals surface area contributed by atoms with Gasteiger partial charge in [0.25, 0.3) is 0 Å². The fourth-order valence-electron chi connectivity index (χ4n) is 1.41. The molecule has 1 rings (SSSR count). The molecule has 0 unspecified atom stereocenters. The molecule has 0 atom stereocenters. The lowest BCUT2D eigenvalue weighted by atomic mass is 10.2. The number of hydrogen-bond donors (Lipinski definition) is 1. The third kappa shape index (κ3) is 4.00. The zero-order valence-corrected chi connectivity index (χ0v) is 10.7. The van der Waals surface area contributed by atoms with Crippen LogP contribution in [0.15, 0.2) is 24.3 Å². The molecule has 16 heavy (non-hydrogen) atoms. The van der Waals surface area contributed by atoms with Crippen molar-refractivity contribution >= 4 is 35.6 Å². The van der Waals surface area contributed by atoms with Gasteiger partial charge in [0.15, 0.2) is 0 Å². The average molecular weight is 263 g/mol. The summed E-state index contributed by atoms with van der Waals surface area (Å²) < 4.78 is 0. The number of nitrogens with two attached hydrogens (primary N) is 1. The van der Waals surface area contributed by atoms with E-state index in [1.807, 2.05) is 19.1 Å². The van der Waals surface area contributed by atoms with Crippen molar-refractivity contribution in [2.75, 3.05) is 18.0 Å². The minimum Gasteiger partial charge on any atom is -0.330 e. The van der Waals surface area contributed by atoms with Crippen LogP contribution in [0.1, 0.15) is 13.3 Å². The summed E-state index contributed by atoms with van der Waals surface area (Å²) in [4.78, 5) is 13.4. The minimum absolute atomic E-state index is 0. The van der Waals surface area contributed by atoms with Crippen LogP contribution in [0.3, 0.4) is 0 Å². The van der Waals surface area contributed by atoms with Crippen molar-refractivity contribution in [1.29, 1.82) is 0 Å². The van der Waals surface area contributed by atoms with Gasteiger partial charge in [-0.15, -0.1) is 12.4 Å². The van der Waals surface area contributed by atoms with Gasteiger partial charge < -0.3 is 10.6 Å². The van der Waals surface area contributed by atoms with Crippen LogP contribution in [0.25, 0.3) is 0 Å². The fourth-order valence-corrected chi connectivity index (χ4v) is 1.59. The second-order valence-corrected chi connectivity index (χ2v) is 3.59. The van der Waals surface area contributed by atoms with Gasteiger partial charge in [-0.2, -0.15) is 0 Å². The van der Waals surface area contributed by atoms with Gasteiger partial charge in [0, 0.05) is 30.2 Å². The van der Waals surface area contributed by atoms with Crippen molar-refractivity contribution in [1.82, 2.24) is 0 Å². The second-order valence-electron chi connectivity index (χ2n) is 3.16. The number of benzene rings is 1. The first-order valence-electron chi connectivity index (χ1n) is 4.95. The molecule has 0 fully saturated rings. The highest BCUT2D eigenvalue weighted by molar-refractivity contribution is 6.30. The van der Waals surface area contributed by atoms with Gasteiger partial charge in [-0.25, -0.2) is 0 Å². The fraction of sp³-hybridized carbons (Fsp3) is 0.364. The van der Waals surface area contributed by atoms with Gasteiger partial charge in [-0.1, -0.05) is 17.7 Å². The minimum atomic E-state index is 0. The largest absolute Gasteiger partial charge is 0.330 e. The Morgan fingerprint density at radius 3 is 2.69 bits per heavy atom. The van der Waals surface area contributed by atoms with E-state index in [4.69, 9.17) is 17.3 Å². The molecule has 0 aliphatic carbocycles. The Balaban J connectivity index is 0.00000225. The number of carbonyl (C=O) groups excluding carboxylic acids is 1. The molecule has 0 saturated heterocycles. The number of rotatable bonds is 4. The third-order valence-electron chi connectivity index (χ3n) is 2.10. The van der Waals surface area contributed by atoms with E-state index < -0.39 is 0 Å². The number of amides is 1. The van der Waals surface area contributed by atoms with Crippen LogP contribution in [0.2, 0.25) is 5.02 Å². The molecular weight excluding hydrogens is 247 g/mol. The van der Waals surface area contributed by atoms with Crippen LogP contribution in [0.4, 0.5) is 5.69 Å². The average Bonchev–Trinajstić information content (AvgIpc) is 2.19. The molecule has 1 aromatic carbocycles. The van der Waals surface area contributed by atoms with Crippen molar-refractivity contribution in [3.05, 3.63) is 29.3 Å². The van der Waals surface area contributed by atoms with Gasteiger partial charge >= 0.3 is 0 Å². The number of carbonyl (C=O) groups is 1. The molecule has 0 bridgehead atoms. The second kappa shape index (κ2) is 7.49. The molecular formula is C11H16Cl2N2O. The van der Waals surface area contributed by atoms with E-state index in [2.05, 4.69) is 0 Å². The highest BCUT2D eigenvalue weighted by Gasteiger charge is 2.12. The maximum absolute atomic E-state index is 11.7. The molecule has 0 aromatic heterocycles. The van der Waals surface area contributed by atoms with E-state index in [0.717, 1.165) is 5.69 Å². The predicted octanol–water partition coefficient (Wildman–Crippen LogP) is 2.46. The van der Waals surface area contributed by atoms with Gasteiger partial charge in [-0.05, 0) is 25.1 Å². The van der Waals surface area contributed by atoms with Crippen molar-refractivity contribution in [2.24, 2.45) is 5.73 Å². The van der Waals surface area contributed by atoms with Gasteiger partial charge in [0.1, 0.15) is 0 Å². The highest BCUT2D eigenvalue weighted by Crippen LogP contribution is 2.19. The Kier molecular flexibility index (Phi) is 7.13. The molecule has 0 saturated carbocycles. The first-order valence-corrected chi connectivity index (χ1v) is 5.32. The lowest BCUT2D eigenvalue weighted by Gasteiger charge is -2.20. The first-order chi connectivity index (χ1) is 7.19.